The molecule has 0 aromatic heterocycles. The number of rotatable bonds is 5. The number of urea groups is 1. The maximum absolute atomic E-state index is 12.3. The summed E-state index contributed by atoms with van der Waals surface area (Å²) < 4.78 is 0. The smallest absolute Gasteiger partial charge is 0.324 e. The Bertz CT molecular complexity index is 642. The zero-order valence-corrected chi connectivity index (χ0v) is 13.0. The molecule has 122 valence electrons. The van der Waals surface area contributed by atoms with Crippen LogP contribution in [0.3, 0.4) is 0 Å². The van der Waals surface area contributed by atoms with E-state index in [0.29, 0.717) is 18.8 Å². The molecule has 1 aliphatic carbocycles. The van der Waals surface area contributed by atoms with Crippen molar-refractivity contribution in [2.75, 3.05) is 23.7 Å². The van der Waals surface area contributed by atoms with Gasteiger partial charge in [-0.15, -0.1) is 0 Å². The van der Waals surface area contributed by atoms with Crippen molar-refractivity contribution in [3.8, 4) is 0 Å². The second kappa shape index (κ2) is 6.28. The van der Waals surface area contributed by atoms with Gasteiger partial charge in [0.1, 0.15) is 6.04 Å². The number of anilines is 2. The summed E-state index contributed by atoms with van der Waals surface area (Å²) in [5.41, 5.74) is 1.42. The molecule has 4 amide bonds. The molecular weight excluding hydrogens is 296 g/mol. The average Bonchev–Trinajstić information content (AvgIpc) is 3.29. The minimum atomic E-state index is -0.534. The highest BCUT2D eigenvalue weighted by Crippen LogP contribution is 2.30. The molecule has 1 heterocycles. The largest absolute Gasteiger partial charge is 0.374 e. The van der Waals surface area contributed by atoms with Gasteiger partial charge in [0.25, 0.3) is 5.91 Å². The molecule has 1 saturated carbocycles. The van der Waals surface area contributed by atoms with Crippen LogP contribution in [-0.2, 0) is 9.59 Å². The van der Waals surface area contributed by atoms with Gasteiger partial charge in [-0.25, -0.2) is 4.79 Å². The normalized spacial score (nSPS) is 18.3. The van der Waals surface area contributed by atoms with Crippen molar-refractivity contribution in [1.82, 2.24) is 10.2 Å². The lowest BCUT2D eigenvalue weighted by atomic mass is 10.2. The molecule has 2 fully saturated rings. The van der Waals surface area contributed by atoms with E-state index in [2.05, 4.69) is 16.0 Å². The van der Waals surface area contributed by atoms with E-state index < -0.39 is 6.04 Å². The first-order valence-corrected chi connectivity index (χ1v) is 7.81. The van der Waals surface area contributed by atoms with Crippen molar-refractivity contribution in [2.45, 2.75) is 25.8 Å². The summed E-state index contributed by atoms with van der Waals surface area (Å²) in [6.45, 7) is 2.59. The van der Waals surface area contributed by atoms with Gasteiger partial charge in [0, 0.05) is 30.4 Å². The molecule has 0 bridgehead atoms. The summed E-state index contributed by atoms with van der Waals surface area (Å²) in [7, 11) is 0. The Morgan fingerprint density at radius 2 is 2.04 bits per heavy atom. The molecule has 1 aliphatic heterocycles. The van der Waals surface area contributed by atoms with Gasteiger partial charge in [0.2, 0.25) is 5.91 Å². The van der Waals surface area contributed by atoms with E-state index in [9.17, 15) is 14.4 Å². The van der Waals surface area contributed by atoms with Crippen LogP contribution in [0.4, 0.5) is 16.2 Å². The highest BCUT2D eigenvalue weighted by molar-refractivity contribution is 5.99. The summed E-state index contributed by atoms with van der Waals surface area (Å²) in [6, 6.07) is 6.34. The Balaban J connectivity index is 1.61. The lowest BCUT2D eigenvalue weighted by Crippen LogP contribution is -2.43. The first-order chi connectivity index (χ1) is 11.0. The van der Waals surface area contributed by atoms with E-state index in [1.807, 2.05) is 18.2 Å². The van der Waals surface area contributed by atoms with Gasteiger partial charge in [-0.3, -0.25) is 14.5 Å². The Morgan fingerprint density at radius 3 is 2.70 bits per heavy atom. The molecule has 0 unspecified atom stereocenters. The van der Waals surface area contributed by atoms with E-state index in [0.717, 1.165) is 18.5 Å². The molecule has 0 radical (unpaired) electrons. The zero-order chi connectivity index (χ0) is 16.4. The molecule has 3 rings (SSSR count). The van der Waals surface area contributed by atoms with E-state index >= 15 is 0 Å². The van der Waals surface area contributed by atoms with Crippen molar-refractivity contribution >= 4 is 29.2 Å². The summed E-state index contributed by atoms with van der Waals surface area (Å²) in [5, 5.41) is 8.55. The van der Waals surface area contributed by atoms with Crippen LogP contribution in [0.5, 0.6) is 0 Å². The number of imide groups is 1. The van der Waals surface area contributed by atoms with Crippen LogP contribution in [0.15, 0.2) is 24.3 Å². The monoisotopic (exact) mass is 316 g/mol. The maximum Gasteiger partial charge on any atom is 0.324 e. The molecule has 3 N–H and O–H groups in total. The number of hydrogen-bond donors (Lipinski definition) is 3. The van der Waals surface area contributed by atoms with Crippen LogP contribution >= 0.6 is 0 Å². The SMILES string of the molecule is C[C@H](Nc1cccc(NC(=O)C2CC2)c1)C(=O)N1CCNC1=O. The Hall–Kier alpha value is -2.57. The molecule has 7 heteroatoms. The van der Waals surface area contributed by atoms with Crippen molar-refractivity contribution in [1.29, 1.82) is 0 Å². The highest BCUT2D eigenvalue weighted by atomic mass is 16.2. The minimum Gasteiger partial charge on any atom is -0.374 e. The number of hydrogen-bond acceptors (Lipinski definition) is 4. The van der Waals surface area contributed by atoms with E-state index in [-0.39, 0.29) is 23.8 Å². The zero-order valence-electron chi connectivity index (χ0n) is 13.0. The Labute approximate surface area is 134 Å². The van der Waals surface area contributed by atoms with Gasteiger partial charge in [-0.05, 0) is 38.0 Å². The van der Waals surface area contributed by atoms with Crippen LogP contribution in [0.25, 0.3) is 0 Å². The summed E-state index contributed by atoms with van der Waals surface area (Å²) in [6.07, 6.45) is 1.90. The quantitative estimate of drug-likeness (QED) is 0.765. The fraction of sp³-hybridized carbons (Fsp3) is 0.438. The molecule has 23 heavy (non-hydrogen) atoms. The second-order valence-electron chi connectivity index (χ2n) is 5.93. The highest BCUT2D eigenvalue weighted by Gasteiger charge is 2.30. The number of nitrogens with one attached hydrogen (secondary N) is 3. The number of amides is 4. The third-order valence-electron chi connectivity index (χ3n) is 3.95. The van der Waals surface area contributed by atoms with Crippen molar-refractivity contribution < 1.29 is 14.4 Å². The van der Waals surface area contributed by atoms with Gasteiger partial charge in [-0.1, -0.05) is 6.07 Å². The molecule has 0 spiro atoms. The summed E-state index contributed by atoms with van der Waals surface area (Å²) in [5.74, 6) is -0.0896. The standard InChI is InChI=1S/C16H20N4O3/c1-10(15(22)20-8-7-17-16(20)23)18-12-3-2-4-13(9-12)19-14(21)11-5-6-11/h2-4,9-11,18H,5-8H2,1H3,(H,17,23)(H,19,21)/t10-/m0/s1. The van der Waals surface area contributed by atoms with Gasteiger partial charge in [0.15, 0.2) is 0 Å². The van der Waals surface area contributed by atoms with E-state index in [4.69, 9.17) is 0 Å². The van der Waals surface area contributed by atoms with Gasteiger partial charge < -0.3 is 16.0 Å². The second-order valence-corrected chi connectivity index (χ2v) is 5.93. The Kier molecular flexibility index (Phi) is 4.18. The fourth-order valence-corrected chi connectivity index (χ4v) is 2.50. The maximum atomic E-state index is 12.3. The number of carbonyl (C=O) groups is 3. The molecule has 2 aliphatic rings. The first kappa shape index (κ1) is 15.3. The lowest BCUT2D eigenvalue weighted by molar-refractivity contribution is -0.128. The van der Waals surface area contributed by atoms with Gasteiger partial charge in [-0.2, -0.15) is 0 Å². The fourth-order valence-electron chi connectivity index (χ4n) is 2.50. The molecule has 1 atom stereocenters. The van der Waals surface area contributed by atoms with Crippen LogP contribution < -0.4 is 16.0 Å². The molecule has 1 aromatic rings. The van der Waals surface area contributed by atoms with E-state index in [1.54, 1.807) is 13.0 Å². The van der Waals surface area contributed by atoms with Crippen molar-refractivity contribution in [2.24, 2.45) is 5.92 Å². The van der Waals surface area contributed by atoms with Crippen LogP contribution in [0, 0.1) is 5.92 Å². The van der Waals surface area contributed by atoms with Crippen molar-refractivity contribution in [3.05, 3.63) is 24.3 Å². The van der Waals surface area contributed by atoms with Gasteiger partial charge >= 0.3 is 6.03 Å². The third-order valence-corrected chi connectivity index (χ3v) is 3.95. The van der Waals surface area contributed by atoms with Crippen LogP contribution in [-0.4, -0.2) is 41.9 Å². The van der Waals surface area contributed by atoms with Gasteiger partial charge in [0.05, 0.1) is 0 Å². The topological polar surface area (TPSA) is 90.5 Å². The predicted molar refractivity (Wildman–Crippen MR) is 86.0 cm³/mol. The summed E-state index contributed by atoms with van der Waals surface area (Å²) in [4.78, 5) is 36.8. The summed E-state index contributed by atoms with van der Waals surface area (Å²) >= 11 is 0. The molecule has 1 saturated heterocycles. The van der Waals surface area contributed by atoms with E-state index in [1.165, 1.54) is 4.90 Å². The molecule has 1 aromatic carbocycles. The average molecular weight is 316 g/mol. The number of benzene rings is 1. The van der Waals surface area contributed by atoms with Crippen LogP contribution in [0.1, 0.15) is 19.8 Å². The number of nitrogens with zero attached hydrogens (tertiary/aromatic N) is 1. The van der Waals surface area contributed by atoms with Crippen LogP contribution in [0.2, 0.25) is 0 Å². The predicted octanol–water partition coefficient (Wildman–Crippen LogP) is 1.39. The third kappa shape index (κ3) is 3.61. The lowest BCUT2D eigenvalue weighted by Gasteiger charge is -2.20. The first-order valence-electron chi connectivity index (χ1n) is 7.81. The minimum absolute atomic E-state index is 0.0417. The van der Waals surface area contributed by atoms with Crippen molar-refractivity contribution in [3.63, 3.8) is 0 Å². The Morgan fingerprint density at radius 1 is 1.30 bits per heavy atom. The molecule has 7 nitrogen and oxygen atoms in total. The molecular formula is C16H20N4O3. The number of carbonyl (C=O) groups excluding carboxylic acids is 3.